The molecule has 1 aliphatic heterocycles. The van der Waals surface area contributed by atoms with Gasteiger partial charge in [-0.25, -0.2) is 0 Å². The number of hydrogen-bond donors (Lipinski definition) is 0. The van der Waals surface area contributed by atoms with Gasteiger partial charge in [0.05, 0.1) is 15.0 Å². The quantitative estimate of drug-likeness (QED) is 0.592. The van der Waals surface area contributed by atoms with E-state index in [9.17, 15) is 14.9 Å². The number of nitrogens with zero attached hydrogens (tertiary/aromatic N) is 3. The first kappa shape index (κ1) is 17.2. The first-order valence-corrected chi connectivity index (χ1v) is 7.88. The van der Waals surface area contributed by atoms with Crippen LogP contribution in [0.25, 0.3) is 0 Å². The smallest absolute Gasteiger partial charge is 0.269 e. The average Bonchev–Trinajstić information content (AvgIpc) is 3.03. The Hall–Kier alpha value is -2.64. The molecule has 0 N–H and O–H groups in total. The molecular weight excluding hydrogens is 369 g/mol. The molecule has 0 bridgehead atoms. The molecule has 7 nitrogen and oxygen atoms in total. The molecule has 2 aromatic carbocycles. The Morgan fingerprint density at radius 1 is 1.24 bits per heavy atom. The van der Waals surface area contributed by atoms with E-state index in [4.69, 9.17) is 27.9 Å². The van der Waals surface area contributed by atoms with Crippen LogP contribution in [0.3, 0.4) is 0 Å². The zero-order valence-corrected chi connectivity index (χ0v) is 14.4. The summed E-state index contributed by atoms with van der Waals surface area (Å²) in [6.45, 7) is 1.34. The highest BCUT2D eigenvalue weighted by atomic mass is 35.5. The zero-order valence-electron chi connectivity index (χ0n) is 12.8. The van der Waals surface area contributed by atoms with E-state index in [2.05, 4.69) is 5.10 Å². The Balaban J connectivity index is 1.96. The molecule has 25 heavy (non-hydrogen) atoms. The van der Waals surface area contributed by atoms with Gasteiger partial charge < -0.3 is 4.74 Å². The van der Waals surface area contributed by atoms with Crippen LogP contribution in [0.15, 0.2) is 47.6 Å². The molecule has 1 aliphatic rings. The van der Waals surface area contributed by atoms with Crippen molar-refractivity contribution >= 4 is 40.7 Å². The molecular formula is C16H11Cl2N3O4. The van der Waals surface area contributed by atoms with E-state index in [1.807, 2.05) is 0 Å². The van der Waals surface area contributed by atoms with Crippen LogP contribution in [0.1, 0.15) is 24.3 Å². The summed E-state index contributed by atoms with van der Waals surface area (Å²) in [4.78, 5) is 22.2. The maximum Gasteiger partial charge on any atom is 0.269 e. The molecule has 9 heteroatoms. The highest BCUT2D eigenvalue weighted by Gasteiger charge is 2.34. The van der Waals surface area contributed by atoms with E-state index in [-0.39, 0.29) is 22.5 Å². The number of halogens is 2. The summed E-state index contributed by atoms with van der Waals surface area (Å²) in [6.07, 6.45) is -0.867. The van der Waals surface area contributed by atoms with Gasteiger partial charge in [0.1, 0.15) is 0 Å². The predicted octanol–water partition coefficient (Wildman–Crippen LogP) is 4.14. The Labute approximate surface area is 152 Å². The highest BCUT2D eigenvalue weighted by molar-refractivity contribution is 6.42. The molecule has 0 fully saturated rings. The van der Waals surface area contributed by atoms with Crippen molar-refractivity contribution in [2.75, 3.05) is 0 Å². The minimum absolute atomic E-state index is 0.0554. The monoisotopic (exact) mass is 379 g/mol. The summed E-state index contributed by atoms with van der Waals surface area (Å²) in [5.74, 6) is -0.191. The second-order valence-electron chi connectivity index (χ2n) is 5.19. The molecule has 2 aromatic rings. The lowest BCUT2D eigenvalue weighted by molar-refractivity contribution is -0.384. The normalized spacial score (nSPS) is 16.4. The van der Waals surface area contributed by atoms with Crippen molar-refractivity contribution in [3.8, 4) is 0 Å². The number of carbonyl (C=O) groups excluding carboxylic acids is 1. The van der Waals surface area contributed by atoms with Crippen LogP contribution in [0.4, 0.5) is 5.69 Å². The molecule has 1 heterocycles. The van der Waals surface area contributed by atoms with E-state index < -0.39 is 11.2 Å². The number of non-ortho nitro benzene ring substituents is 1. The van der Waals surface area contributed by atoms with Gasteiger partial charge >= 0.3 is 0 Å². The minimum atomic E-state index is -0.867. The van der Waals surface area contributed by atoms with Crippen LogP contribution in [0, 0.1) is 10.1 Å². The SMILES string of the molecule is CC(=O)N1N=C(c2ccc([N+](=O)[O-])cc2)OC1c1cccc(Cl)c1Cl. The number of rotatable bonds is 3. The van der Waals surface area contributed by atoms with Crippen molar-refractivity contribution in [3.63, 3.8) is 0 Å². The molecule has 0 spiro atoms. The summed E-state index contributed by atoms with van der Waals surface area (Å²) in [7, 11) is 0. The second-order valence-corrected chi connectivity index (χ2v) is 5.97. The summed E-state index contributed by atoms with van der Waals surface area (Å²) < 4.78 is 5.79. The Morgan fingerprint density at radius 2 is 1.92 bits per heavy atom. The van der Waals surface area contributed by atoms with Crippen molar-refractivity contribution in [3.05, 3.63) is 73.8 Å². The molecule has 0 saturated heterocycles. The molecule has 0 aromatic heterocycles. The van der Waals surface area contributed by atoms with Crippen molar-refractivity contribution in [1.29, 1.82) is 0 Å². The van der Waals surface area contributed by atoms with E-state index in [0.29, 0.717) is 16.1 Å². The van der Waals surface area contributed by atoms with Crippen molar-refractivity contribution in [2.24, 2.45) is 5.10 Å². The third kappa shape index (κ3) is 3.29. The molecule has 128 valence electrons. The van der Waals surface area contributed by atoms with E-state index in [1.165, 1.54) is 31.2 Å². The number of carbonyl (C=O) groups is 1. The van der Waals surface area contributed by atoms with Gasteiger partial charge in [-0.2, -0.15) is 5.01 Å². The fraction of sp³-hybridized carbons (Fsp3) is 0.125. The summed E-state index contributed by atoms with van der Waals surface area (Å²) in [5, 5.41) is 16.7. The Bertz CT molecular complexity index is 883. The average molecular weight is 380 g/mol. The minimum Gasteiger partial charge on any atom is -0.446 e. The van der Waals surface area contributed by atoms with E-state index >= 15 is 0 Å². The summed E-state index contributed by atoms with van der Waals surface area (Å²) in [6, 6.07) is 10.7. The number of hydrogen-bond acceptors (Lipinski definition) is 5. The first-order valence-electron chi connectivity index (χ1n) is 7.12. The van der Waals surface area contributed by atoms with E-state index in [0.717, 1.165) is 5.01 Å². The fourth-order valence-corrected chi connectivity index (χ4v) is 2.72. The maximum absolute atomic E-state index is 11.9. The highest BCUT2D eigenvalue weighted by Crippen LogP contribution is 2.37. The van der Waals surface area contributed by atoms with Crippen LogP contribution in [-0.2, 0) is 9.53 Å². The summed E-state index contributed by atoms with van der Waals surface area (Å²) >= 11 is 12.2. The van der Waals surface area contributed by atoms with Crippen molar-refractivity contribution in [1.82, 2.24) is 5.01 Å². The number of benzene rings is 2. The molecule has 1 atom stereocenters. The molecule has 1 amide bonds. The van der Waals surface area contributed by atoms with E-state index in [1.54, 1.807) is 18.2 Å². The number of hydrazone groups is 1. The van der Waals surface area contributed by atoms with Crippen molar-refractivity contribution < 1.29 is 14.5 Å². The maximum atomic E-state index is 11.9. The van der Waals surface area contributed by atoms with Crippen LogP contribution in [0.5, 0.6) is 0 Å². The summed E-state index contributed by atoms with van der Waals surface area (Å²) in [5.41, 5.74) is 0.933. The van der Waals surface area contributed by atoms with Gasteiger partial charge in [-0.1, -0.05) is 35.3 Å². The Kier molecular flexibility index (Phi) is 4.61. The zero-order chi connectivity index (χ0) is 18.1. The van der Waals surface area contributed by atoms with Gasteiger partial charge in [-0.05, 0) is 18.2 Å². The lowest BCUT2D eigenvalue weighted by Gasteiger charge is -2.20. The number of amides is 1. The van der Waals surface area contributed by atoms with Gasteiger partial charge in [0, 0.05) is 30.2 Å². The third-order valence-corrected chi connectivity index (χ3v) is 4.37. The van der Waals surface area contributed by atoms with Crippen LogP contribution in [-0.4, -0.2) is 21.7 Å². The predicted molar refractivity (Wildman–Crippen MR) is 92.4 cm³/mol. The number of nitro benzene ring substituents is 1. The van der Waals surface area contributed by atoms with Gasteiger partial charge in [-0.15, -0.1) is 5.10 Å². The lowest BCUT2D eigenvalue weighted by Crippen LogP contribution is -2.25. The molecule has 3 rings (SSSR count). The van der Waals surface area contributed by atoms with Crippen LogP contribution in [0.2, 0.25) is 10.0 Å². The van der Waals surface area contributed by atoms with Gasteiger partial charge in [0.25, 0.3) is 5.69 Å². The largest absolute Gasteiger partial charge is 0.446 e. The van der Waals surface area contributed by atoms with Gasteiger partial charge in [0.2, 0.25) is 18.0 Å². The van der Waals surface area contributed by atoms with Gasteiger partial charge in [0.15, 0.2) is 0 Å². The van der Waals surface area contributed by atoms with Gasteiger partial charge in [-0.3, -0.25) is 14.9 Å². The lowest BCUT2D eigenvalue weighted by atomic mass is 10.2. The standard InChI is InChI=1S/C16H11Cl2N3O4/c1-9(22)20-16(12-3-2-4-13(17)14(12)18)25-15(19-20)10-5-7-11(8-6-10)21(23)24/h2-8,16H,1H3. The third-order valence-electron chi connectivity index (χ3n) is 3.54. The van der Waals surface area contributed by atoms with Crippen molar-refractivity contribution in [2.45, 2.75) is 13.2 Å². The molecule has 1 unspecified atom stereocenters. The fourth-order valence-electron chi connectivity index (χ4n) is 2.32. The number of nitro groups is 1. The van der Waals surface area contributed by atoms with Crippen LogP contribution < -0.4 is 0 Å². The first-order chi connectivity index (χ1) is 11.9. The molecule has 0 radical (unpaired) electrons. The number of ether oxygens (including phenoxy) is 1. The molecule has 0 saturated carbocycles. The topological polar surface area (TPSA) is 85.0 Å². The van der Waals surface area contributed by atoms with Crippen LogP contribution >= 0.6 is 23.2 Å². The second kappa shape index (κ2) is 6.70. The molecule has 0 aliphatic carbocycles. The Morgan fingerprint density at radius 3 is 2.52 bits per heavy atom.